The van der Waals surface area contributed by atoms with Crippen LogP contribution in [0.5, 0.6) is 0 Å². The maximum atomic E-state index is 6.48. The van der Waals surface area contributed by atoms with E-state index in [-0.39, 0.29) is 24.5 Å². The fraction of sp³-hybridized carbons (Fsp3) is 0.0909. The van der Waals surface area contributed by atoms with Crippen molar-refractivity contribution in [3.8, 4) is 0 Å². The Morgan fingerprint density at radius 2 is 0.840 bits per heavy atom. The Labute approximate surface area is 153 Å². The minimum atomic E-state index is -0.240. The van der Waals surface area contributed by atoms with Crippen LogP contribution in [-0.4, -0.2) is 0 Å². The molecule has 0 heterocycles. The van der Waals surface area contributed by atoms with E-state index in [9.17, 15) is 0 Å². The summed E-state index contributed by atoms with van der Waals surface area (Å²) in [7, 11) is 0. The van der Waals surface area contributed by atoms with E-state index in [1.807, 2.05) is 24.3 Å². The predicted octanol–water partition coefficient (Wildman–Crippen LogP) is 5.11. The van der Waals surface area contributed by atoms with Crippen LogP contribution >= 0.6 is 12.4 Å². The van der Waals surface area contributed by atoms with Gasteiger partial charge in [0, 0.05) is 12.1 Å². The molecule has 0 fully saturated rings. The zero-order chi connectivity index (χ0) is 16.5. The molecule has 126 valence electrons. The fourth-order valence-electron chi connectivity index (χ4n) is 3.24. The molecule has 0 aliphatic heterocycles. The van der Waals surface area contributed by atoms with Crippen LogP contribution in [0.3, 0.4) is 0 Å². The summed E-state index contributed by atoms with van der Waals surface area (Å²) >= 11 is 0. The third-order valence-electron chi connectivity index (χ3n) is 4.70. The third kappa shape index (κ3) is 3.38. The van der Waals surface area contributed by atoms with Crippen molar-refractivity contribution in [1.82, 2.24) is 0 Å². The summed E-state index contributed by atoms with van der Waals surface area (Å²) in [6.45, 7) is 0. The lowest BCUT2D eigenvalue weighted by Crippen LogP contribution is -2.26. The van der Waals surface area contributed by atoms with Gasteiger partial charge in [-0.05, 0) is 44.8 Å². The smallest absolute Gasteiger partial charge is 0.0491 e. The fourth-order valence-corrected chi connectivity index (χ4v) is 3.24. The Bertz CT molecular complexity index is 929. The second-order valence-corrected chi connectivity index (χ2v) is 6.26. The monoisotopic (exact) mass is 348 g/mol. The van der Waals surface area contributed by atoms with Gasteiger partial charge in [0.05, 0.1) is 0 Å². The molecule has 0 saturated carbocycles. The Balaban J connectivity index is 0.00000182. The Kier molecular flexibility index (Phi) is 5.05. The van der Waals surface area contributed by atoms with Gasteiger partial charge in [-0.3, -0.25) is 0 Å². The van der Waals surface area contributed by atoms with Crippen LogP contribution in [0.15, 0.2) is 84.9 Å². The Morgan fingerprint density at radius 3 is 1.24 bits per heavy atom. The van der Waals surface area contributed by atoms with Crippen molar-refractivity contribution < 1.29 is 0 Å². The molecular formula is C22H21ClN2. The standard InChI is InChI=1S/C22H20N2.ClH/c23-21(19-11-9-15-5-1-3-7-17(15)13-19)22(24)20-12-10-16-6-2-4-8-18(16)14-20;/h1-14,21-22H,23-24H2;1H/t21-,22-;/m0./s1. The highest BCUT2D eigenvalue weighted by molar-refractivity contribution is 5.85. The highest BCUT2D eigenvalue weighted by Crippen LogP contribution is 2.29. The van der Waals surface area contributed by atoms with Gasteiger partial charge in [-0.1, -0.05) is 72.8 Å². The van der Waals surface area contributed by atoms with Gasteiger partial charge in [0.25, 0.3) is 0 Å². The van der Waals surface area contributed by atoms with Gasteiger partial charge < -0.3 is 11.5 Å². The van der Waals surface area contributed by atoms with E-state index in [1.165, 1.54) is 21.5 Å². The summed E-state index contributed by atoms with van der Waals surface area (Å²) in [5.41, 5.74) is 15.1. The third-order valence-corrected chi connectivity index (χ3v) is 4.70. The molecule has 0 saturated heterocycles. The molecule has 0 aliphatic rings. The summed E-state index contributed by atoms with van der Waals surface area (Å²) in [6, 6.07) is 28.8. The largest absolute Gasteiger partial charge is 0.322 e. The molecule has 3 heteroatoms. The van der Waals surface area contributed by atoms with E-state index in [4.69, 9.17) is 11.5 Å². The second kappa shape index (κ2) is 7.24. The van der Waals surface area contributed by atoms with Crippen molar-refractivity contribution >= 4 is 34.0 Å². The highest BCUT2D eigenvalue weighted by Gasteiger charge is 2.18. The van der Waals surface area contributed by atoms with Gasteiger partial charge in [0.15, 0.2) is 0 Å². The first-order chi connectivity index (χ1) is 11.7. The van der Waals surface area contributed by atoms with Crippen LogP contribution in [-0.2, 0) is 0 Å². The quantitative estimate of drug-likeness (QED) is 0.540. The van der Waals surface area contributed by atoms with Gasteiger partial charge >= 0.3 is 0 Å². The van der Waals surface area contributed by atoms with Gasteiger partial charge in [-0.2, -0.15) is 0 Å². The molecule has 0 amide bonds. The molecule has 2 atom stereocenters. The van der Waals surface area contributed by atoms with Crippen molar-refractivity contribution in [2.45, 2.75) is 12.1 Å². The van der Waals surface area contributed by atoms with Crippen LogP contribution in [0.4, 0.5) is 0 Å². The van der Waals surface area contributed by atoms with E-state index in [0.29, 0.717) is 0 Å². The van der Waals surface area contributed by atoms with E-state index >= 15 is 0 Å². The van der Waals surface area contributed by atoms with E-state index in [1.54, 1.807) is 0 Å². The number of rotatable bonds is 3. The van der Waals surface area contributed by atoms with E-state index in [0.717, 1.165) is 11.1 Å². The normalized spacial score (nSPS) is 13.4. The van der Waals surface area contributed by atoms with E-state index < -0.39 is 0 Å². The SMILES string of the molecule is Cl.N[C@@H](c1ccc2ccccc2c1)[C@@H](N)c1ccc2ccccc2c1. The lowest BCUT2D eigenvalue weighted by molar-refractivity contribution is 0.575. The molecule has 4 aromatic carbocycles. The van der Waals surface area contributed by atoms with Gasteiger partial charge in [-0.15, -0.1) is 12.4 Å². The van der Waals surface area contributed by atoms with Crippen molar-refractivity contribution in [3.63, 3.8) is 0 Å². The van der Waals surface area contributed by atoms with Crippen LogP contribution in [0, 0.1) is 0 Å². The molecule has 4 rings (SSSR count). The van der Waals surface area contributed by atoms with Gasteiger partial charge in [-0.25, -0.2) is 0 Å². The first-order valence-electron chi connectivity index (χ1n) is 8.21. The minimum Gasteiger partial charge on any atom is -0.322 e. The average molecular weight is 349 g/mol. The molecule has 0 aromatic heterocycles. The van der Waals surface area contributed by atoms with Crippen LogP contribution in [0.25, 0.3) is 21.5 Å². The summed E-state index contributed by atoms with van der Waals surface area (Å²) in [5, 5.41) is 4.81. The van der Waals surface area contributed by atoms with Crippen molar-refractivity contribution in [2.75, 3.05) is 0 Å². The molecule has 0 unspecified atom stereocenters. The van der Waals surface area contributed by atoms with Crippen LogP contribution in [0.2, 0.25) is 0 Å². The number of hydrogen-bond acceptors (Lipinski definition) is 2. The summed E-state index contributed by atoms with van der Waals surface area (Å²) in [4.78, 5) is 0. The van der Waals surface area contributed by atoms with Crippen molar-refractivity contribution in [3.05, 3.63) is 96.1 Å². The molecule has 0 bridgehead atoms. The van der Waals surface area contributed by atoms with Crippen LogP contribution < -0.4 is 11.5 Å². The zero-order valence-corrected chi connectivity index (χ0v) is 14.6. The average Bonchev–Trinajstić information content (AvgIpc) is 2.66. The van der Waals surface area contributed by atoms with E-state index in [2.05, 4.69) is 60.7 Å². The first kappa shape index (κ1) is 17.4. The van der Waals surface area contributed by atoms with Crippen molar-refractivity contribution in [1.29, 1.82) is 0 Å². The summed E-state index contributed by atoms with van der Waals surface area (Å²) < 4.78 is 0. The number of fused-ring (bicyclic) bond motifs is 2. The lowest BCUT2D eigenvalue weighted by Gasteiger charge is -2.21. The lowest BCUT2D eigenvalue weighted by atomic mass is 9.92. The number of nitrogens with two attached hydrogens (primary N) is 2. The van der Waals surface area contributed by atoms with Gasteiger partial charge in [0.1, 0.15) is 0 Å². The number of halogens is 1. The molecule has 0 spiro atoms. The van der Waals surface area contributed by atoms with Gasteiger partial charge in [0.2, 0.25) is 0 Å². The Morgan fingerprint density at radius 1 is 0.480 bits per heavy atom. The molecule has 25 heavy (non-hydrogen) atoms. The number of benzene rings is 4. The molecule has 4 aromatic rings. The predicted molar refractivity (Wildman–Crippen MR) is 109 cm³/mol. The first-order valence-corrected chi connectivity index (χ1v) is 8.21. The minimum absolute atomic E-state index is 0. The highest BCUT2D eigenvalue weighted by atomic mass is 35.5. The van der Waals surface area contributed by atoms with Crippen LogP contribution in [0.1, 0.15) is 23.2 Å². The summed E-state index contributed by atoms with van der Waals surface area (Å²) in [5.74, 6) is 0. The molecule has 0 aliphatic carbocycles. The topological polar surface area (TPSA) is 52.0 Å². The Hall–Kier alpha value is -2.39. The maximum absolute atomic E-state index is 6.48. The molecule has 4 N–H and O–H groups in total. The maximum Gasteiger partial charge on any atom is 0.0491 e. The van der Waals surface area contributed by atoms with Crippen molar-refractivity contribution in [2.24, 2.45) is 11.5 Å². The zero-order valence-electron chi connectivity index (χ0n) is 13.8. The molecular weight excluding hydrogens is 328 g/mol. The molecule has 2 nitrogen and oxygen atoms in total. The number of hydrogen-bond donors (Lipinski definition) is 2. The molecule has 0 radical (unpaired) electrons. The second-order valence-electron chi connectivity index (χ2n) is 6.26. The summed E-state index contributed by atoms with van der Waals surface area (Å²) in [6.07, 6.45) is 0.